The van der Waals surface area contributed by atoms with Gasteiger partial charge in [0.15, 0.2) is 0 Å². The molecule has 1 N–H and O–H groups in total. The molecule has 0 bridgehead atoms. The van der Waals surface area contributed by atoms with Crippen molar-refractivity contribution in [3.05, 3.63) is 59.7 Å². The first kappa shape index (κ1) is 24.7. The predicted molar refractivity (Wildman–Crippen MR) is 132 cm³/mol. The van der Waals surface area contributed by atoms with Crippen LogP contribution < -0.4 is 10.1 Å². The summed E-state index contributed by atoms with van der Waals surface area (Å²) < 4.78 is 32.4. The molecule has 0 unspecified atom stereocenters. The Balaban J connectivity index is 1.19. The van der Waals surface area contributed by atoms with Gasteiger partial charge in [-0.2, -0.15) is 4.31 Å². The number of likely N-dealkylation sites (tertiary alicyclic amines) is 1. The molecule has 4 rings (SSSR count). The number of piperidine rings is 1. The third-order valence-corrected chi connectivity index (χ3v) is 8.59. The summed E-state index contributed by atoms with van der Waals surface area (Å²) in [6.45, 7) is 7.35. The average Bonchev–Trinajstić information content (AvgIpc) is 3.40. The molecule has 2 aromatic carbocycles. The molecule has 2 aliphatic heterocycles. The molecule has 34 heavy (non-hydrogen) atoms. The molecule has 0 radical (unpaired) electrons. The lowest BCUT2D eigenvalue weighted by molar-refractivity contribution is 0.0947. The van der Waals surface area contributed by atoms with Gasteiger partial charge in [0.05, 0.1) is 11.4 Å². The van der Waals surface area contributed by atoms with E-state index in [1.807, 2.05) is 24.3 Å². The van der Waals surface area contributed by atoms with E-state index in [0.717, 1.165) is 38.4 Å². The minimum atomic E-state index is -3.42. The largest absolute Gasteiger partial charge is 0.492 e. The summed E-state index contributed by atoms with van der Waals surface area (Å²) in [4.78, 5) is 15.2. The van der Waals surface area contributed by atoms with Crippen molar-refractivity contribution in [3.8, 4) is 5.75 Å². The zero-order chi connectivity index (χ0) is 24.0. The standard InChI is InChI=1S/C26H35N3O4S/c1-21-12-17-28(18-13-21)20-22-4-6-23(7-5-22)26(30)27-14-19-33-24-8-10-25(11-9-24)34(31,32)29-15-2-3-16-29/h4-11,21H,2-3,12-20H2,1H3,(H,27,30). The first-order chi connectivity index (χ1) is 16.4. The highest BCUT2D eigenvalue weighted by atomic mass is 32.2. The van der Waals surface area contributed by atoms with Crippen LogP contribution in [0.1, 0.15) is 48.5 Å². The molecule has 0 saturated carbocycles. The van der Waals surface area contributed by atoms with Crippen LogP contribution in [-0.2, 0) is 16.6 Å². The lowest BCUT2D eigenvalue weighted by atomic mass is 9.99. The third kappa shape index (κ3) is 6.37. The number of amides is 1. The maximum Gasteiger partial charge on any atom is 0.251 e. The Hall–Kier alpha value is -2.42. The quantitative estimate of drug-likeness (QED) is 0.550. The fourth-order valence-corrected chi connectivity index (χ4v) is 5.98. The minimum Gasteiger partial charge on any atom is -0.492 e. The van der Waals surface area contributed by atoms with Crippen LogP contribution in [-0.4, -0.2) is 62.9 Å². The Morgan fingerprint density at radius 2 is 1.62 bits per heavy atom. The van der Waals surface area contributed by atoms with Gasteiger partial charge in [0.2, 0.25) is 10.0 Å². The molecule has 2 aromatic rings. The Morgan fingerprint density at radius 3 is 2.26 bits per heavy atom. The van der Waals surface area contributed by atoms with Crippen LogP contribution in [0.4, 0.5) is 0 Å². The second-order valence-corrected chi connectivity index (χ2v) is 11.3. The number of hydrogen-bond acceptors (Lipinski definition) is 5. The lowest BCUT2D eigenvalue weighted by Gasteiger charge is -2.30. The Kier molecular flexibility index (Phi) is 8.24. The van der Waals surface area contributed by atoms with Gasteiger partial charge in [-0.05, 0) is 86.7 Å². The number of sulfonamides is 1. The molecule has 2 fully saturated rings. The van der Waals surface area contributed by atoms with Crippen LogP contribution in [0.25, 0.3) is 0 Å². The van der Waals surface area contributed by atoms with E-state index in [4.69, 9.17) is 4.74 Å². The van der Waals surface area contributed by atoms with Gasteiger partial charge in [-0.3, -0.25) is 9.69 Å². The van der Waals surface area contributed by atoms with Gasteiger partial charge in [-0.1, -0.05) is 19.1 Å². The summed E-state index contributed by atoms with van der Waals surface area (Å²) in [7, 11) is -3.42. The number of ether oxygens (including phenoxy) is 1. The van der Waals surface area contributed by atoms with Crippen molar-refractivity contribution in [2.45, 2.75) is 44.0 Å². The highest BCUT2D eigenvalue weighted by Crippen LogP contribution is 2.23. The summed E-state index contributed by atoms with van der Waals surface area (Å²) in [5.74, 6) is 1.27. The smallest absolute Gasteiger partial charge is 0.251 e. The molecule has 0 atom stereocenters. The summed E-state index contributed by atoms with van der Waals surface area (Å²) in [5.41, 5.74) is 1.86. The zero-order valence-electron chi connectivity index (χ0n) is 19.9. The molecule has 0 aromatic heterocycles. The number of benzene rings is 2. The number of carbonyl (C=O) groups excluding carboxylic acids is 1. The number of carbonyl (C=O) groups is 1. The van der Waals surface area contributed by atoms with Gasteiger partial charge < -0.3 is 10.1 Å². The number of nitrogens with one attached hydrogen (secondary N) is 1. The van der Waals surface area contributed by atoms with Crippen molar-refractivity contribution in [2.24, 2.45) is 5.92 Å². The second kappa shape index (κ2) is 11.3. The Bertz CT molecular complexity index is 1040. The fourth-order valence-electron chi connectivity index (χ4n) is 4.46. The molecule has 0 spiro atoms. The highest BCUT2D eigenvalue weighted by Gasteiger charge is 2.27. The van der Waals surface area contributed by atoms with Gasteiger partial charge in [0.1, 0.15) is 12.4 Å². The van der Waals surface area contributed by atoms with Gasteiger partial charge in [-0.25, -0.2) is 8.42 Å². The van der Waals surface area contributed by atoms with Crippen molar-refractivity contribution in [2.75, 3.05) is 39.3 Å². The Labute approximate surface area is 203 Å². The normalized spacial score (nSPS) is 18.1. The SMILES string of the molecule is CC1CCN(Cc2ccc(C(=O)NCCOc3ccc(S(=O)(=O)N4CCCC4)cc3)cc2)CC1. The van der Waals surface area contributed by atoms with Crippen molar-refractivity contribution >= 4 is 15.9 Å². The number of rotatable bonds is 9. The fraction of sp³-hybridized carbons (Fsp3) is 0.500. The molecule has 2 heterocycles. The molecule has 7 nitrogen and oxygen atoms in total. The van der Waals surface area contributed by atoms with E-state index in [2.05, 4.69) is 17.1 Å². The third-order valence-electron chi connectivity index (χ3n) is 6.68. The predicted octanol–water partition coefficient (Wildman–Crippen LogP) is 3.51. The first-order valence-corrected chi connectivity index (χ1v) is 13.7. The molecule has 0 aliphatic carbocycles. The molecule has 1 amide bonds. The first-order valence-electron chi connectivity index (χ1n) is 12.2. The number of nitrogens with zero attached hydrogens (tertiary/aromatic N) is 2. The van der Waals surface area contributed by atoms with Gasteiger partial charge >= 0.3 is 0 Å². The van der Waals surface area contributed by atoms with Gasteiger partial charge in [-0.15, -0.1) is 0 Å². The summed E-state index contributed by atoms with van der Waals surface area (Å²) in [6.07, 6.45) is 4.33. The van der Waals surface area contributed by atoms with Crippen molar-refractivity contribution < 1.29 is 17.9 Å². The summed E-state index contributed by atoms with van der Waals surface area (Å²) in [6, 6.07) is 14.3. The lowest BCUT2D eigenvalue weighted by Crippen LogP contribution is -2.32. The molecule has 2 saturated heterocycles. The molecular weight excluding hydrogens is 450 g/mol. The van der Waals surface area contributed by atoms with Crippen LogP contribution in [0.15, 0.2) is 53.4 Å². The number of hydrogen-bond donors (Lipinski definition) is 1. The van der Waals surface area contributed by atoms with E-state index in [0.29, 0.717) is 37.6 Å². The van der Waals surface area contributed by atoms with Crippen LogP contribution >= 0.6 is 0 Å². The molecule has 8 heteroatoms. The van der Waals surface area contributed by atoms with Crippen LogP contribution in [0.2, 0.25) is 0 Å². The molecule has 184 valence electrons. The van der Waals surface area contributed by atoms with Crippen molar-refractivity contribution in [1.82, 2.24) is 14.5 Å². The maximum absolute atomic E-state index is 12.6. The van der Waals surface area contributed by atoms with Crippen molar-refractivity contribution in [1.29, 1.82) is 0 Å². The van der Waals surface area contributed by atoms with Gasteiger partial charge in [0.25, 0.3) is 5.91 Å². The summed E-state index contributed by atoms with van der Waals surface area (Å²) in [5, 5.41) is 2.87. The van der Waals surface area contributed by atoms with E-state index in [1.165, 1.54) is 22.7 Å². The zero-order valence-corrected chi connectivity index (χ0v) is 20.7. The maximum atomic E-state index is 12.6. The average molecular weight is 486 g/mol. The van der Waals surface area contributed by atoms with Crippen LogP contribution in [0, 0.1) is 5.92 Å². The van der Waals surface area contributed by atoms with Crippen molar-refractivity contribution in [3.63, 3.8) is 0 Å². The topological polar surface area (TPSA) is 79.0 Å². The molecular formula is C26H35N3O4S. The highest BCUT2D eigenvalue weighted by molar-refractivity contribution is 7.89. The molecule has 2 aliphatic rings. The van der Waals surface area contributed by atoms with Crippen LogP contribution in [0.5, 0.6) is 5.75 Å². The van der Waals surface area contributed by atoms with E-state index in [9.17, 15) is 13.2 Å². The second-order valence-electron chi connectivity index (χ2n) is 9.34. The van der Waals surface area contributed by atoms with E-state index in [1.54, 1.807) is 24.3 Å². The van der Waals surface area contributed by atoms with Crippen LogP contribution in [0.3, 0.4) is 0 Å². The minimum absolute atomic E-state index is 0.131. The van der Waals surface area contributed by atoms with Gasteiger partial charge in [0, 0.05) is 25.2 Å². The monoisotopic (exact) mass is 485 g/mol. The van der Waals surface area contributed by atoms with E-state index < -0.39 is 10.0 Å². The van der Waals surface area contributed by atoms with E-state index in [-0.39, 0.29) is 10.8 Å². The Morgan fingerprint density at radius 1 is 0.971 bits per heavy atom. The summed E-state index contributed by atoms with van der Waals surface area (Å²) >= 11 is 0. The van der Waals surface area contributed by atoms with E-state index >= 15 is 0 Å².